The van der Waals surface area contributed by atoms with Gasteiger partial charge in [-0.05, 0) is 43.2 Å². The van der Waals surface area contributed by atoms with Gasteiger partial charge in [0.25, 0.3) is 0 Å². The Balaban J connectivity index is 1.32. The molecule has 2 aromatic heterocycles. The average Bonchev–Trinajstić information content (AvgIpc) is 2.93. The van der Waals surface area contributed by atoms with Crippen molar-refractivity contribution in [2.24, 2.45) is 0 Å². The highest BCUT2D eigenvalue weighted by Gasteiger charge is 2.25. The number of nitrogens with zero attached hydrogens (tertiary/aromatic N) is 3. The van der Waals surface area contributed by atoms with Crippen LogP contribution in [0, 0.1) is 6.92 Å². The first-order valence-corrected chi connectivity index (χ1v) is 12.9. The molecule has 0 spiro atoms. The van der Waals surface area contributed by atoms with Gasteiger partial charge in [-0.2, -0.15) is 0 Å². The lowest BCUT2D eigenvalue weighted by molar-refractivity contribution is -0.000948. The fraction of sp³-hybridized carbons (Fsp3) is 0.448. The molecule has 1 fully saturated rings. The predicted octanol–water partition coefficient (Wildman–Crippen LogP) is 3.86. The number of rotatable bonds is 9. The van der Waals surface area contributed by atoms with Crippen LogP contribution < -0.4 is 19.8 Å². The van der Waals surface area contributed by atoms with Crippen LogP contribution in [-0.4, -0.2) is 62.3 Å². The number of ether oxygens (including phenoxy) is 4. The van der Waals surface area contributed by atoms with E-state index in [0.717, 1.165) is 61.5 Å². The third-order valence-corrected chi connectivity index (χ3v) is 7.31. The van der Waals surface area contributed by atoms with Gasteiger partial charge in [-0.3, -0.25) is 9.78 Å². The predicted molar refractivity (Wildman–Crippen MR) is 143 cm³/mol. The number of anilines is 1. The standard InChI is InChI=1S/C29H35N3O5/c1-20-27(33)16-28(36-19-25(35-3)18-34-2)32-14-8-21-15-22(6-7-26(21)29(20)32)31-12-9-23(10-13-31)37-24-5-4-11-30-17-24/h4-7,11,15-17,23,25H,8-10,12-14,18-19H2,1-3H3/t25-/m0/s1. The van der Waals surface area contributed by atoms with Crippen LogP contribution in [0.25, 0.3) is 11.3 Å². The van der Waals surface area contributed by atoms with Crippen molar-refractivity contribution in [1.29, 1.82) is 0 Å². The molecule has 0 amide bonds. The van der Waals surface area contributed by atoms with Crippen molar-refractivity contribution in [2.75, 3.05) is 45.4 Å². The number of aromatic nitrogens is 2. The van der Waals surface area contributed by atoms with Crippen LogP contribution >= 0.6 is 0 Å². The number of piperidine rings is 1. The maximum atomic E-state index is 12.9. The van der Waals surface area contributed by atoms with Crippen LogP contribution in [0.4, 0.5) is 5.69 Å². The van der Waals surface area contributed by atoms with Crippen molar-refractivity contribution in [3.63, 3.8) is 0 Å². The van der Waals surface area contributed by atoms with E-state index in [1.807, 2.05) is 19.1 Å². The molecule has 2 aliphatic heterocycles. The van der Waals surface area contributed by atoms with Crippen molar-refractivity contribution in [1.82, 2.24) is 9.55 Å². The average molecular weight is 506 g/mol. The molecular formula is C29H35N3O5. The molecule has 0 N–H and O–H groups in total. The van der Waals surface area contributed by atoms with Crippen LogP contribution in [0.5, 0.6) is 11.6 Å². The van der Waals surface area contributed by atoms with Gasteiger partial charge >= 0.3 is 0 Å². The quantitative estimate of drug-likeness (QED) is 0.437. The molecule has 2 aliphatic rings. The second-order valence-corrected chi connectivity index (χ2v) is 9.68. The van der Waals surface area contributed by atoms with E-state index in [9.17, 15) is 4.79 Å². The van der Waals surface area contributed by atoms with E-state index in [0.29, 0.717) is 19.1 Å². The molecule has 5 rings (SSSR count). The SMILES string of the molecule is COC[C@@H](COc1cc(=O)c(C)c2n1CCc1cc(N3CCC(Oc4cccnc4)CC3)ccc1-2)OC. The summed E-state index contributed by atoms with van der Waals surface area (Å²) >= 11 is 0. The summed E-state index contributed by atoms with van der Waals surface area (Å²) in [5.41, 5.74) is 5.26. The minimum atomic E-state index is -0.199. The largest absolute Gasteiger partial charge is 0.489 e. The molecule has 0 aliphatic carbocycles. The number of benzene rings is 1. The lowest BCUT2D eigenvalue weighted by Crippen LogP contribution is -2.38. The zero-order chi connectivity index (χ0) is 25.8. The normalized spacial score (nSPS) is 16.1. The van der Waals surface area contributed by atoms with Crippen molar-refractivity contribution in [3.8, 4) is 22.9 Å². The van der Waals surface area contributed by atoms with E-state index in [-0.39, 0.29) is 17.6 Å². The summed E-state index contributed by atoms with van der Waals surface area (Å²) in [6.45, 7) is 5.29. The first kappa shape index (κ1) is 25.3. The fourth-order valence-electron chi connectivity index (χ4n) is 5.25. The van der Waals surface area contributed by atoms with E-state index in [1.165, 1.54) is 11.3 Å². The molecule has 1 atom stereocenters. The maximum Gasteiger partial charge on any atom is 0.197 e. The topological polar surface area (TPSA) is 75.1 Å². The van der Waals surface area contributed by atoms with E-state index >= 15 is 0 Å². The van der Waals surface area contributed by atoms with E-state index < -0.39 is 0 Å². The molecule has 0 bridgehead atoms. The number of aryl methyl sites for hydroxylation is 1. The summed E-state index contributed by atoms with van der Waals surface area (Å²) in [7, 11) is 3.27. The minimum Gasteiger partial charge on any atom is -0.489 e. The smallest absolute Gasteiger partial charge is 0.197 e. The van der Waals surface area contributed by atoms with Crippen molar-refractivity contribution >= 4 is 5.69 Å². The summed E-state index contributed by atoms with van der Waals surface area (Å²) in [5, 5.41) is 0. The van der Waals surface area contributed by atoms with Crippen LogP contribution in [0.2, 0.25) is 0 Å². The van der Waals surface area contributed by atoms with E-state index in [2.05, 4.69) is 32.7 Å². The van der Waals surface area contributed by atoms with Gasteiger partial charge in [-0.25, -0.2) is 0 Å². The molecule has 0 unspecified atom stereocenters. The molecule has 196 valence electrons. The Bertz CT molecular complexity index is 1270. The van der Waals surface area contributed by atoms with Crippen LogP contribution in [0.1, 0.15) is 24.0 Å². The molecule has 1 saturated heterocycles. The van der Waals surface area contributed by atoms with Crippen molar-refractivity contribution in [3.05, 3.63) is 70.1 Å². The van der Waals surface area contributed by atoms with Gasteiger partial charge in [0.1, 0.15) is 24.6 Å². The molecule has 37 heavy (non-hydrogen) atoms. The zero-order valence-electron chi connectivity index (χ0n) is 21.8. The Labute approximate surface area is 217 Å². The Morgan fingerprint density at radius 3 is 2.65 bits per heavy atom. The van der Waals surface area contributed by atoms with Crippen molar-refractivity contribution in [2.45, 2.75) is 44.9 Å². The molecule has 4 heterocycles. The number of methoxy groups -OCH3 is 2. The van der Waals surface area contributed by atoms with Gasteiger partial charge in [0.15, 0.2) is 11.3 Å². The zero-order valence-corrected chi connectivity index (χ0v) is 21.8. The molecule has 8 nitrogen and oxygen atoms in total. The Hall–Kier alpha value is -3.36. The summed E-state index contributed by atoms with van der Waals surface area (Å²) in [4.78, 5) is 19.4. The van der Waals surface area contributed by atoms with Crippen molar-refractivity contribution < 1.29 is 18.9 Å². The molecule has 3 aromatic rings. The second kappa shape index (κ2) is 11.4. The van der Waals surface area contributed by atoms with Gasteiger partial charge in [0, 0.05) is 75.8 Å². The van der Waals surface area contributed by atoms with Gasteiger partial charge in [0.2, 0.25) is 0 Å². The second-order valence-electron chi connectivity index (χ2n) is 9.68. The van der Waals surface area contributed by atoms with Crippen LogP contribution in [-0.2, 0) is 22.4 Å². The monoisotopic (exact) mass is 505 g/mol. The van der Waals surface area contributed by atoms with Crippen LogP contribution in [0.3, 0.4) is 0 Å². The maximum absolute atomic E-state index is 12.9. The number of hydrogen-bond donors (Lipinski definition) is 0. The molecule has 0 radical (unpaired) electrons. The minimum absolute atomic E-state index is 0.0189. The molecule has 0 saturated carbocycles. The number of pyridine rings is 2. The first-order valence-electron chi connectivity index (χ1n) is 12.9. The fourth-order valence-corrected chi connectivity index (χ4v) is 5.25. The third kappa shape index (κ3) is 5.50. The highest BCUT2D eigenvalue weighted by Crippen LogP contribution is 2.36. The summed E-state index contributed by atoms with van der Waals surface area (Å²) in [6.07, 6.45) is 6.35. The summed E-state index contributed by atoms with van der Waals surface area (Å²) in [6, 6.07) is 12.1. The van der Waals surface area contributed by atoms with Gasteiger partial charge < -0.3 is 28.4 Å². The Morgan fingerprint density at radius 1 is 1.08 bits per heavy atom. The Morgan fingerprint density at radius 2 is 1.92 bits per heavy atom. The third-order valence-electron chi connectivity index (χ3n) is 7.31. The first-order chi connectivity index (χ1) is 18.1. The van der Waals surface area contributed by atoms with Crippen LogP contribution in [0.15, 0.2) is 53.6 Å². The number of fused-ring (bicyclic) bond motifs is 3. The lowest BCUT2D eigenvalue weighted by Gasteiger charge is -2.34. The number of hydrogen-bond acceptors (Lipinski definition) is 7. The van der Waals surface area contributed by atoms with Gasteiger partial charge in [-0.15, -0.1) is 0 Å². The van der Waals surface area contributed by atoms with E-state index in [4.69, 9.17) is 18.9 Å². The molecule has 1 aromatic carbocycles. The highest BCUT2D eigenvalue weighted by atomic mass is 16.6. The lowest BCUT2D eigenvalue weighted by atomic mass is 9.93. The Kier molecular flexibility index (Phi) is 7.76. The summed E-state index contributed by atoms with van der Waals surface area (Å²) in [5.74, 6) is 1.41. The van der Waals surface area contributed by atoms with E-state index in [1.54, 1.807) is 32.7 Å². The molecule has 8 heteroatoms. The van der Waals surface area contributed by atoms with Gasteiger partial charge in [-0.1, -0.05) is 6.07 Å². The highest BCUT2D eigenvalue weighted by molar-refractivity contribution is 5.72. The summed E-state index contributed by atoms with van der Waals surface area (Å²) < 4.78 is 24.9. The molecular weight excluding hydrogens is 470 g/mol. The van der Waals surface area contributed by atoms with Gasteiger partial charge in [0.05, 0.1) is 18.5 Å².